The molecule has 6 heteroatoms. The van der Waals surface area contributed by atoms with E-state index in [1.807, 2.05) is 12.1 Å². The van der Waals surface area contributed by atoms with E-state index in [9.17, 15) is 4.79 Å². The van der Waals surface area contributed by atoms with Gasteiger partial charge >= 0.3 is 0 Å². The predicted molar refractivity (Wildman–Crippen MR) is 113 cm³/mol. The molecule has 0 saturated carbocycles. The van der Waals surface area contributed by atoms with E-state index < -0.39 is 0 Å². The molecule has 1 N–H and O–H groups in total. The molecule has 0 aliphatic heterocycles. The van der Waals surface area contributed by atoms with Crippen molar-refractivity contribution in [1.82, 2.24) is 0 Å². The highest BCUT2D eigenvalue weighted by Crippen LogP contribution is 2.36. The Morgan fingerprint density at radius 3 is 2.43 bits per heavy atom. The smallest absolute Gasteiger partial charge is 0.224 e. The van der Waals surface area contributed by atoms with Crippen LogP contribution >= 0.6 is 11.6 Å². The lowest BCUT2D eigenvalue weighted by Gasteiger charge is -2.14. The molecule has 0 fully saturated rings. The number of nitrogens with one attached hydrogen (secondary N) is 1. The van der Waals surface area contributed by atoms with E-state index >= 15 is 0 Å². The lowest BCUT2D eigenvalue weighted by molar-refractivity contribution is -0.116. The first kappa shape index (κ1) is 21.9. The summed E-state index contributed by atoms with van der Waals surface area (Å²) in [5.74, 6) is 2.14. The SMILES string of the molecule is COc1cc(NC(=O)CCCOc2ccc(C(C)C)c(C)c2)c(OC)cc1Cl. The van der Waals surface area contributed by atoms with Crippen LogP contribution in [0.3, 0.4) is 0 Å². The number of halogens is 1. The Bertz CT molecular complexity index is 820. The monoisotopic (exact) mass is 405 g/mol. The van der Waals surface area contributed by atoms with Crippen LogP contribution in [0, 0.1) is 6.92 Å². The summed E-state index contributed by atoms with van der Waals surface area (Å²) in [6.45, 7) is 6.90. The average Bonchev–Trinajstić information content (AvgIpc) is 2.66. The second kappa shape index (κ2) is 10.2. The Labute approximate surface area is 171 Å². The lowest BCUT2D eigenvalue weighted by atomic mass is 9.98. The first-order chi connectivity index (χ1) is 13.3. The van der Waals surface area contributed by atoms with Crippen LogP contribution < -0.4 is 19.5 Å². The summed E-state index contributed by atoms with van der Waals surface area (Å²) in [4.78, 5) is 12.3. The van der Waals surface area contributed by atoms with Crippen molar-refractivity contribution in [2.75, 3.05) is 26.1 Å². The molecule has 0 bridgehead atoms. The maximum absolute atomic E-state index is 12.3. The Kier molecular flexibility index (Phi) is 8.00. The standard InChI is InChI=1S/C22H28ClNO4/c1-14(2)17-9-8-16(11-15(17)3)28-10-6-7-22(25)24-19-13-20(26-4)18(23)12-21(19)27-5/h8-9,11-14H,6-7,10H2,1-5H3,(H,24,25). The molecule has 0 atom stereocenters. The molecular formula is C22H28ClNO4. The van der Waals surface area contributed by atoms with Crippen molar-refractivity contribution in [1.29, 1.82) is 0 Å². The van der Waals surface area contributed by atoms with Gasteiger partial charge in [0.05, 0.1) is 31.5 Å². The first-order valence-electron chi connectivity index (χ1n) is 9.30. The van der Waals surface area contributed by atoms with E-state index in [2.05, 4.69) is 32.2 Å². The second-order valence-electron chi connectivity index (χ2n) is 6.86. The Morgan fingerprint density at radius 1 is 1.11 bits per heavy atom. The number of aryl methyl sites for hydroxylation is 1. The maximum Gasteiger partial charge on any atom is 0.224 e. The molecule has 0 aliphatic rings. The fourth-order valence-corrected chi connectivity index (χ4v) is 3.21. The number of hydrogen-bond donors (Lipinski definition) is 1. The van der Waals surface area contributed by atoms with Crippen LogP contribution in [0.25, 0.3) is 0 Å². The molecule has 2 rings (SSSR count). The van der Waals surface area contributed by atoms with Gasteiger partial charge in [0.2, 0.25) is 5.91 Å². The summed E-state index contributed by atoms with van der Waals surface area (Å²) in [6.07, 6.45) is 0.932. The zero-order chi connectivity index (χ0) is 20.7. The number of amides is 1. The van der Waals surface area contributed by atoms with Crippen LogP contribution in [0.15, 0.2) is 30.3 Å². The molecule has 0 saturated heterocycles. The molecule has 152 valence electrons. The third-order valence-corrected chi connectivity index (χ3v) is 4.72. The molecule has 0 unspecified atom stereocenters. The van der Waals surface area contributed by atoms with Gasteiger partial charge in [0.1, 0.15) is 17.2 Å². The van der Waals surface area contributed by atoms with Crippen LogP contribution in [0.2, 0.25) is 5.02 Å². The van der Waals surface area contributed by atoms with Gasteiger partial charge in [-0.3, -0.25) is 4.79 Å². The molecular weight excluding hydrogens is 378 g/mol. The van der Waals surface area contributed by atoms with Crippen molar-refractivity contribution in [3.8, 4) is 17.2 Å². The number of ether oxygens (including phenoxy) is 3. The lowest BCUT2D eigenvalue weighted by Crippen LogP contribution is -2.13. The molecule has 0 radical (unpaired) electrons. The van der Waals surface area contributed by atoms with Crippen LogP contribution in [-0.2, 0) is 4.79 Å². The highest BCUT2D eigenvalue weighted by molar-refractivity contribution is 6.32. The van der Waals surface area contributed by atoms with Gasteiger partial charge in [0.15, 0.2) is 0 Å². The van der Waals surface area contributed by atoms with Crippen LogP contribution in [-0.4, -0.2) is 26.7 Å². The van der Waals surface area contributed by atoms with E-state index in [0.717, 1.165) is 5.75 Å². The number of hydrogen-bond acceptors (Lipinski definition) is 4. The van der Waals surface area contributed by atoms with E-state index in [4.69, 9.17) is 25.8 Å². The summed E-state index contributed by atoms with van der Waals surface area (Å²) >= 11 is 6.08. The van der Waals surface area contributed by atoms with Crippen LogP contribution in [0.5, 0.6) is 17.2 Å². The summed E-state index contributed by atoms with van der Waals surface area (Å²) in [7, 11) is 3.04. The van der Waals surface area contributed by atoms with Crippen molar-refractivity contribution in [2.45, 2.75) is 39.5 Å². The van der Waals surface area contributed by atoms with E-state index in [0.29, 0.717) is 47.6 Å². The maximum atomic E-state index is 12.3. The minimum Gasteiger partial charge on any atom is -0.495 e. The van der Waals surface area contributed by atoms with Crippen LogP contribution in [0.1, 0.15) is 43.7 Å². The minimum atomic E-state index is -0.127. The second-order valence-corrected chi connectivity index (χ2v) is 7.27. The number of anilines is 1. The van der Waals surface area contributed by atoms with Crippen molar-refractivity contribution in [3.63, 3.8) is 0 Å². The third-order valence-electron chi connectivity index (χ3n) is 4.43. The number of carbonyl (C=O) groups excluding carboxylic acids is 1. The summed E-state index contributed by atoms with van der Waals surface area (Å²) in [5, 5.41) is 3.25. The highest BCUT2D eigenvalue weighted by atomic mass is 35.5. The topological polar surface area (TPSA) is 56.8 Å². The zero-order valence-corrected chi connectivity index (χ0v) is 17.9. The summed E-state index contributed by atoms with van der Waals surface area (Å²) in [5.41, 5.74) is 3.06. The van der Waals surface area contributed by atoms with E-state index in [-0.39, 0.29) is 5.91 Å². The van der Waals surface area contributed by atoms with Gasteiger partial charge in [-0.15, -0.1) is 0 Å². The minimum absolute atomic E-state index is 0.127. The Morgan fingerprint density at radius 2 is 1.82 bits per heavy atom. The molecule has 0 aliphatic carbocycles. The quantitative estimate of drug-likeness (QED) is 0.553. The van der Waals surface area contributed by atoms with Gasteiger partial charge in [-0.05, 0) is 42.5 Å². The largest absolute Gasteiger partial charge is 0.495 e. The normalized spacial score (nSPS) is 10.7. The number of benzene rings is 2. The molecule has 0 aromatic heterocycles. The predicted octanol–water partition coefficient (Wildman–Crippen LogP) is 5.59. The van der Waals surface area contributed by atoms with Gasteiger partial charge in [0.25, 0.3) is 0 Å². The van der Waals surface area contributed by atoms with Gasteiger partial charge < -0.3 is 19.5 Å². The van der Waals surface area contributed by atoms with Gasteiger partial charge in [-0.25, -0.2) is 0 Å². The molecule has 2 aromatic rings. The first-order valence-corrected chi connectivity index (χ1v) is 9.68. The molecule has 0 spiro atoms. The molecule has 1 amide bonds. The van der Waals surface area contributed by atoms with Crippen molar-refractivity contribution in [2.24, 2.45) is 0 Å². The number of carbonyl (C=O) groups is 1. The molecule has 28 heavy (non-hydrogen) atoms. The third kappa shape index (κ3) is 5.80. The molecule has 2 aromatic carbocycles. The zero-order valence-electron chi connectivity index (χ0n) is 17.1. The van der Waals surface area contributed by atoms with Gasteiger partial charge in [-0.1, -0.05) is 31.5 Å². The highest BCUT2D eigenvalue weighted by Gasteiger charge is 2.12. The van der Waals surface area contributed by atoms with Gasteiger partial charge in [0, 0.05) is 18.6 Å². The van der Waals surface area contributed by atoms with Crippen molar-refractivity contribution >= 4 is 23.2 Å². The summed E-state index contributed by atoms with van der Waals surface area (Å²) < 4.78 is 16.2. The molecule has 0 heterocycles. The number of methoxy groups -OCH3 is 2. The fraction of sp³-hybridized carbons (Fsp3) is 0.409. The van der Waals surface area contributed by atoms with Crippen molar-refractivity contribution in [3.05, 3.63) is 46.5 Å². The Hall–Kier alpha value is -2.40. The van der Waals surface area contributed by atoms with Crippen molar-refractivity contribution < 1.29 is 19.0 Å². The average molecular weight is 406 g/mol. The fourth-order valence-electron chi connectivity index (χ4n) is 2.98. The van der Waals surface area contributed by atoms with Crippen LogP contribution in [0.4, 0.5) is 5.69 Å². The summed E-state index contributed by atoms with van der Waals surface area (Å²) in [6, 6.07) is 9.38. The van der Waals surface area contributed by atoms with Gasteiger partial charge in [-0.2, -0.15) is 0 Å². The number of rotatable bonds is 9. The van der Waals surface area contributed by atoms with E-state index in [1.165, 1.54) is 25.3 Å². The molecule has 5 nitrogen and oxygen atoms in total. The van der Waals surface area contributed by atoms with E-state index in [1.54, 1.807) is 12.1 Å². The Balaban J connectivity index is 1.86.